The Morgan fingerprint density at radius 3 is 2.70 bits per heavy atom. The van der Waals surface area contributed by atoms with Gasteiger partial charge in [0.15, 0.2) is 0 Å². The van der Waals surface area contributed by atoms with Crippen molar-refractivity contribution in [3.05, 3.63) is 75.8 Å². The van der Waals surface area contributed by atoms with E-state index in [1.54, 1.807) is 18.2 Å². The minimum absolute atomic E-state index is 0.399. The first-order valence-corrected chi connectivity index (χ1v) is 7.79. The van der Waals surface area contributed by atoms with Crippen molar-refractivity contribution in [2.45, 2.75) is 6.42 Å². The highest BCUT2D eigenvalue weighted by Crippen LogP contribution is 2.30. The Morgan fingerprint density at radius 1 is 1.00 bits per heavy atom. The lowest BCUT2D eigenvalue weighted by atomic mass is 10.1. The number of hydrogen-bond donors (Lipinski definition) is 1. The van der Waals surface area contributed by atoms with Crippen LogP contribution < -0.4 is 5.32 Å². The molecule has 2 bridgehead atoms. The number of fused-ring (bicyclic) bond motifs is 2. The number of benzene rings is 1. The van der Waals surface area contributed by atoms with Crippen molar-refractivity contribution in [1.29, 1.82) is 0 Å². The molecule has 0 unspecified atom stereocenters. The molecule has 0 amide bonds. The molecule has 0 spiro atoms. The van der Waals surface area contributed by atoms with Crippen molar-refractivity contribution in [3.8, 4) is 11.5 Å². The van der Waals surface area contributed by atoms with Crippen LogP contribution in [-0.4, -0.2) is 10.2 Å². The van der Waals surface area contributed by atoms with Crippen LogP contribution in [-0.2, 0) is 0 Å². The summed E-state index contributed by atoms with van der Waals surface area (Å²) < 4.78 is 5.78. The molecule has 114 valence electrons. The summed E-state index contributed by atoms with van der Waals surface area (Å²) in [6, 6.07) is 5.21. The molecule has 1 aliphatic heterocycles. The zero-order chi connectivity index (χ0) is 15.8. The summed E-state index contributed by atoms with van der Waals surface area (Å²) in [5.41, 5.74) is 3.80. The van der Waals surface area contributed by atoms with Crippen LogP contribution in [0.3, 0.4) is 0 Å². The van der Waals surface area contributed by atoms with Gasteiger partial charge in [0.05, 0.1) is 10.0 Å². The molecule has 4 rings (SSSR count). The van der Waals surface area contributed by atoms with Crippen LogP contribution in [0.1, 0.15) is 12.3 Å². The van der Waals surface area contributed by atoms with E-state index in [0.29, 0.717) is 21.8 Å². The molecule has 0 saturated heterocycles. The van der Waals surface area contributed by atoms with Crippen LogP contribution in [0.5, 0.6) is 0 Å². The van der Waals surface area contributed by atoms with Crippen molar-refractivity contribution in [2.75, 3.05) is 0 Å². The molecule has 0 fully saturated rings. The Hall–Kier alpha value is -2.30. The Labute approximate surface area is 142 Å². The minimum Gasteiger partial charge on any atom is -0.415 e. The average molecular weight is 344 g/mol. The van der Waals surface area contributed by atoms with Crippen LogP contribution >= 0.6 is 23.2 Å². The van der Waals surface area contributed by atoms with E-state index in [-0.39, 0.29) is 0 Å². The summed E-state index contributed by atoms with van der Waals surface area (Å²) in [5, 5.41) is 12.5. The van der Waals surface area contributed by atoms with Gasteiger partial charge in [0.1, 0.15) is 5.70 Å². The lowest BCUT2D eigenvalue weighted by Crippen LogP contribution is -2.16. The number of nitrogens with one attached hydrogen (secondary N) is 1. The molecule has 0 radical (unpaired) electrons. The largest absolute Gasteiger partial charge is 0.415 e. The summed E-state index contributed by atoms with van der Waals surface area (Å²) in [7, 11) is 0. The number of hydrogen-bond acceptors (Lipinski definition) is 4. The monoisotopic (exact) mass is 343 g/mol. The van der Waals surface area contributed by atoms with Crippen molar-refractivity contribution >= 4 is 28.9 Å². The van der Waals surface area contributed by atoms with Crippen molar-refractivity contribution < 1.29 is 4.42 Å². The third-order valence-corrected chi connectivity index (χ3v) is 4.30. The lowest BCUT2D eigenvalue weighted by molar-refractivity contribution is 0.548. The van der Waals surface area contributed by atoms with Crippen LogP contribution in [0.4, 0.5) is 0 Å². The second kappa shape index (κ2) is 5.72. The van der Waals surface area contributed by atoms with Crippen molar-refractivity contribution in [2.24, 2.45) is 0 Å². The highest BCUT2D eigenvalue weighted by Gasteiger charge is 2.19. The van der Waals surface area contributed by atoms with Gasteiger partial charge in [0.2, 0.25) is 5.89 Å². The highest BCUT2D eigenvalue weighted by atomic mass is 35.5. The molecule has 0 atom stereocenters. The van der Waals surface area contributed by atoms with Crippen LogP contribution in [0.25, 0.3) is 17.2 Å². The van der Waals surface area contributed by atoms with Crippen molar-refractivity contribution in [1.82, 2.24) is 15.5 Å². The van der Waals surface area contributed by atoms with Gasteiger partial charge < -0.3 is 9.73 Å². The number of rotatable bonds is 2. The van der Waals surface area contributed by atoms with E-state index in [9.17, 15) is 0 Å². The number of nitrogens with zero attached hydrogens (tertiary/aromatic N) is 2. The zero-order valence-corrected chi connectivity index (χ0v) is 13.4. The van der Waals surface area contributed by atoms with Gasteiger partial charge in [-0.15, -0.1) is 10.2 Å². The number of halogens is 2. The molecule has 2 aliphatic rings. The van der Waals surface area contributed by atoms with E-state index in [4.69, 9.17) is 27.6 Å². The van der Waals surface area contributed by atoms with Crippen LogP contribution in [0.2, 0.25) is 10.0 Å². The van der Waals surface area contributed by atoms with E-state index in [1.807, 2.05) is 24.3 Å². The van der Waals surface area contributed by atoms with Crippen LogP contribution in [0, 0.1) is 0 Å². The van der Waals surface area contributed by atoms with Gasteiger partial charge in [-0.25, -0.2) is 0 Å². The maximum Gasteiger partial charge on any atom is 0.264 e. The highest BCUT2D eigenvalue weighted by molar-refractivity contribution is 6.42. The minimum atomic E-state index is 0.399. The van der Waals surface area contributed by atoms with E-state index >= 15 is 0 Å². The predicted molar refractivity (Wildman–Crippen MR) is 90.8 cm³/mol. The molecular formula is C17H11Cl2N3O. The van der Waals surface area contributed by atoms with Gasteiger partial charge in [-0.05, 0) is 35.9 Å². The molecular weight excluding hydrogens is 333 g/mol. The Balaban J connectivity index is 1.68. The molecule has 1 aliphatic carbocycles. The molecule has 0 saturated carbocycles. The van der Waals surface area contributed by atoms with Gasteiger partial charge in [0, 0.05) is 17.7 Å². The van der Waals surface area contributed by atoms with E-state index in [1.165, 1.54) is 5.57 Å². The number of allylic oxidation sites excluding steroid dienone is 6. The fourth-order valence-electron chi connectivity index (χ4n) is 2.46. The second-order valence-electron chi connectivity index (χ2n) is 5.22. The van der Waals surface area contributed by atoms with Crippen molar-refractivity contribution in [3.63, 3.8) is 0 Å². The van der Waals surface area contributed by atoms with Gasteiger partial charge in [-0.2, -0.15) is 0 Å². The molecule has 6 heteroatoms. The fraction of sp³-hybridized carbons (Fsp3) is 0.0588. The van der Waals surface area contributed by atoms with Gasteiger partial charge >= 0.3 is 0 Å². The van der Waals surface area contributed by atoms with E-state index in [2.05, 4.69) is 21.6 Å². The van der Waals surface area contributed by atoms with E-state index in [0.717, 1.165) is 23.4 Å². The summed E-state index contributed by atoms with van der Waals surface area (Å²) in [6.45, 7) is 0. The number of aromatic nitrogens is 2. The summed E-state index contributed by atoms with van der Waals surface area (Å²) in [5.74, 6) is 0.834. The Kier molecular flexibility index (Phi) is 3.56. The smallest absolute Gasteiger partial charge is 0.264 e. The quantitative estimate of drug-likeness (QED) is 0.854. The summed E-state index contributed by atoms with van der Waals surface area (Å²) in [6.07, 6.45) is 11.0. The average Bonchev–Trinajstić information content (AvgIpc) is 2.98. The molecule has 1 aromatic heterocycles. The molecule has 4 nitrogen and oxygen atoms in total. The SMILES string of the molecule is Clc1ccc(-c2nnc(C3=CC4=CC=CC=C(C4)N3)o2)cc1Cl. The standard InChI is InChI=1S/C17H11Cl2N3O/c18-13-6-5-11(9-14(13)19)16-21-22-17(23-16)15-8-10-3-1-2-4-12(7-10)20-15/h1-6,8-9,20H,7H2. The predicted octanol–water partition coefficient (Wildman–Crippen LogP) is 4.76. The molecule has 2 heterocycles. The maximum atomic E-state index is 6.03. The molecule has 2 aromatic rings. The Bertz CT molecular complexity index is 906. The van der Waals surface area contributed by atoms with Gasteiger partial charge in [-0.1, -0.05) is 41.4 Å². The first kappa shape index (κ1) is 14.3. The van der Waals surface area contributed by atoms with Gasteiger partial charge in [-0.3, -0.25) is 0 Å². The van der Waals surface area contributed by atoms with Gasteiger partial charge in [0.25, 0.3) is 5.89 Å². The first-order valence-electron chi connectivity index (χ1n) is 7.03. The first-order chi connectivity index (χ1) is 11.2. The summed E-state index contributed by atoms with van der Waals surface area (Å²) >= 11 is 12.0. The lowest BCUT2D eigenvalue weighted by Gasteiger charge is -2.17. The van der Waals surface area contributed by atoms with E-state index < -0.39 is 0 Å². The topological polar surface area (TPSA) is 51.0 Å². The normalized spacial score (nSPS) is 16.2. The fourth-order valence-corrected chi connectivity index (χ4v) is 2.76. The maximum absolute atomic E-state index is 6.03. The molecule has 1 aromatic carbocycles. The second-order valence-corrected chi connectivity index (χ2v) is 6.03. The Morgan fingerprint density at radius 2 is 1.83 bits per heavy atom. The van der Waals surface area contributed by atoms with Crippen LogP contribution in [0.15, 0.2) is 64.3 Å². The molecule has 23 heavy (non-hydrogen) atoms. The summed E-state index contributed by atoms with van der Waals surface area (Å²) in [4.78, 5) is 0. The third-order valence-electron chi connectivity index (χ3n) is 3.56. The zero-order valence-electron chi connectivity index (χ0n) is 11.9. The molecule has 1 N–H and O–H groups in total. The third kappa shape index (κ3) is 2.83.